The third kappa shape index (κ3) is 2.18. The second kappa shape index (κ2) is 4.45. The topological polar surface area (TPSA) is 50.2 Å². The molecular weight excluding hydrogens is 202 g/mol. The first-order valence-corrected chi connectivity index (χ1v) is 4.82. The van der Waals surface area contributed by atoms with Crippen LogP contribution in [-0.4, -0.2) is 16.1 Å². The number of benzene rings is 1. The van der Waals surface area contributed by atoms with E-state index in [1.165, 1.54) is 0 Å². The summed E-state index contributed by atoms with van der Waals surface area (Å²) in [6, 6.07) is 9.59. The average Bonchev–Trinajstić information content (AvgIpc) is 2.29. The van der Waals surface area contributed by atoms with Crippen LogP contribution in [-0.2, 0) is 11.2 Å². The van der Waals surface area contributed by atoms with Crippen molar-refractivity contribution in [3.05, 3.63) is 42.1 Å². The second-order valence-corrected chi connectivity index (χ2v) is 3.27. The molecule has 0 aliphatic carbocycles. The predicted molar refractivity (Wildman–Crippen MR) is 60.9 cm³/mol. The molecule has 0 amide bonds. The maximum atomic E-state index is 10.3. The van der Waals surface area contributed by atoms with Gasteiger partial charge in [-0.3, -0.25) is 4.98 Å². The average molecular weight is 211 g/mol. The molecule has 3 heteroatoms. The van der Waals surface area contributed by atoms with Crippen LogP contribution in [0.2, 0.25) is 0 Å². The number of aliphatic carboxylic acids is 1. The molecule has 2 rings (SSSR count). The number of rotatable bonds is 1. The summed E-state index contributed by atoms with van der Waals surface area (Å²) in [7, 11) is 0. The summed E-state index contributed by atoms with van der Waals surface area (Å²) in [5.74, 6) is 3.62. The molecule has 0 bridgehead atoms. The van der Waals surface area contributed by atoms with Crippen LogP contribution in [0.15, 0.2) is 36.5 Å². The lowest BCUT2D eigenvalue weighted by Gasteiger charge is -2.01. The molecule has 0 unspecified atom stereocenters. The van der Waals surface area contributed by atoms with Crippen molar-refractivity contribution in [2.75, 3.05) is 0 Å². The summed E-state index contributed by atoms with van der Waals surface area (Å²) in [4.78, 5) is 14.5. The second-order valence-electron chi connectivity index (χ2n) is 3.27. The van der Waals surface area contributed by atoms with Gasteiger partial charge in [0.15, 0.2) is 0 Å². The summed E-state index contributed by atoms with van der Waals surface area (Å²) in [6.45, 7) is 0. The van der Waals surface area contributed by atoms with Gasteiger partial charge in [0, 0.05) is 23.9 Å². The number of hydrogen-bond donors (Lipinski definition) is 1. The number of carboxylic acid groups (broad SMARTS) is 1. The van der Waals surface area contributed by atoms with E-state index in [2.05, 4.69) is 16.8 Å². The Labute approximate surface area is 92.7 Å². The lowest BCUT2D eigenvalue weighted by Crippen LogP contribution is -1.90. The molecule has 78 valence electrons. The molecule has 0 saturated carbocycles. The van der Waals surface area contributed by atoms with Crippen LogP contribution in [0.5, 0.6) is 0 Å². The Morgan fingerprint density at radius 1 is 1.31 bits per heavy atom. The van der Waals surface area contributed by atoms with E-state index in [0.717, 1.165) is 16.5 Å². The van der Waals surface area contributed by atoms with Gasteiger partial charge in [0.2, 0.25) is 0 Å². The molecule has 1 aromatic carbocycles. The Kier molecular flexibility index (Phi) is 2.84. The number of para-hydroxylation sites is 1. The number of pyridine rings is 1. The zero-order valence-electron chi connectivity index (χ0n) is 8.47. The van der Waals surface area contributed by atoms with E-state index in [1.54, 1.807) is 6.20 Å². The van der Waals surface area contributed by atoms with Crippen molar-refractivity contribution in [3.8, 4) is 11.8 Å². The largest absolute Gasteiger partial charge is 0.472 e. The molecule has 1 heterocycles. The van der Waals surface area contributed by atoms with E-state index in [-0.39, 0.29) is 0 Å². The highest BCUT2D eigenvalue weighted by Gasteiger charge is 1.98. The number of carbonyl (C=O) groups is 1. The summed E-state index contributed by atoms with van der Waals surface area (Å²) >= 11 is 0. The zero-order chi connectivity index (χ0) is 11.4. The van der Waals surface area contributed by atoms with Crippen LogP contribution in [0.3, 0.4) is 0 Å². The van der Waals surface area contributed by atoms with Crippen LogP contribution < -0.4 is 0 Å². The van der Waals surface area contributed by atoms with Gasteiger partial charge < -0.3 is 5.11 Å². The maximum absolute atomic E-state index is 10.3. The first-order valence-electron chi connectivity index (χ1n) is 4.82. The Morgan fingerprint density at radius 2 is 2.12 bits per heavy atom. The van der Waals surface area contributed by atoms with E-state index in [0.29, 0.717) is 6.42 Å². The van der Waals surface area contributed by atoms with Crippen molar-refractivity contribution in [1.82, 2.24) is 4.98 Å². The predicted octanol–water partition coefficient (Wildman–Crippen LogP) is 1.87. The summed E-state index contributed by atoms with van der Waals surface area (Å²) in [5, 5.41) is 9.44. The lowest BCUT2D eigenvalue weighted by molar-refractivity contribution is -0.130. The van der Waals surface area contributed by atoms with Gasteiger partial charge >= 0.3 is 5.97 Å². The monoisotopic (exact) mass is 211 g/mol. The van der Waals surface area contributed by atoms with E-state index in [4.69, 9.17) is 5.11 Å². The highest BCUT2D eigenvalue weighted by Crippen LogP contribution is 2.15. The third-order valence-corrected chi connectivity index (χ3v) is 2.21. The van der Waals surface area contributed by atoms with Crippen molar-refractivity contribution in [1.29, 1.82) is 0 Å². The normalized spacial score (nSPS) is 9.50. The first kappa shape index (κ1) is 10.2. The molecule has 0 aliphatic heterocycles. The molecule has 0 aliphatic rings. The highest BCUT2D eigenvalue weighted by molar-refractivity contribution is 5.87. The smallest absolute Gasteiger partial charge is 0.381 e. The Morgan fingerprint density at radius 3 is 2.94 bits per heavy atom. The van der Waals surface area contributed by atoms with E-state index in [1.807, 2.05) is 30.3 Å². The fraction of sp³-hybridized carbons (Fsp3) is 0.0769. The van der Waals surface area contributed by atoms with Crippen LogP contribution in [0.4, 0.5) is 0 Å². The van der Waals surface area contributed by atoms with Crippen LogP contribution in [0, 0.1) is 11.8 Å². The molecule has 3 nitrogen and oxygen atoms in total. The minimum atomic E-state index is -1.10. The van der Waals surface area contributed by atoms with E-state index < -0.39 is 5.97 Å². The Balaban J connectivity index is 2.39. The van der Waals surface area contributed by atoms with Crippen molar-refractivity contribution in [2.24, 2.45) is 0 Å². The van der Waals surface area contributed by atoms with Gasteiger partial charge in [0.05, 0.1) is 5.52 Å². The van der Waals surface area contributed by atoms with Gasteiger partial charge in [0.25, 0.3) is 0 Å². The molecule has 2 aromatic rings. The fourth-order valence-electron chi connectivity index (χ4n) is 1.52. The quantitative estimate of drug-likeness (QED) is 0.732. The van der Waals surface area contributed by atoms with Crippen molar-refractivity contribution in [2.45, 2.75) is 6.42 Å². The minimum Gasteiger partial charge on any atom is -0.472 e. The van der Waals surface area contributed by atoms with Gasteiger partial charge in [-0.15, -0.1) is 0 Å². The zero-order valence-corrected chi connectivity index (χ0v) is 8.47. The lowest BCUT2D eigenvalue weighted by atomic mass is 10.1. The summed E-state index contributed by atoms with van der Waals surface area (Å²) in [6.07, 6.45) is 2.13. The molecule has 0 saturated heterocycles. The maximum Gasteiger partial charge on any atom is 0.381 e. The van der Waals surface area contributed by atoms with Gasteiger partial charge in [-0.2, -0.15) is 0 Å². The van der Waals surface area contributed by atoms with Crippen molar-refractivity contribution >= 4 is 16.9 Å². The molecule has 1 aromatic heterocycles. The molecule has 1 N–H and O–H groups in total. The van der Waals surface area contributed by atoms with Crippen LogP contribution >= 0.6 is 0 Å². The molecular formula is C13H9NO2. The number of hydrogen-bond acceptors (Lipinski definition) is 2. The Bertz CT molecular complexity index is 588. The SMILES string of the molecule is O=C(O)C#CCc1ccnc2ccccc12. The van der Waals surface area contributed by atoms with Gasteiger partial charge in [-0.25, -0.2) is 4.79 Å². The third-order valence-electron chi connectivity index (χ3n) is 2.21. The van der Waals surface area contributed by atoms with Gasteiger partial charge in [-0.05, 0) is 17.7 Å². The van der Waals surface area contributed by atoms with E-state index in [9.17, 15) is 4.79 Å². The van der Waals surface area contributed by atoms with Crippen LogP contribution in [0.25, 0.3) is 10.9 Å². The number of nitrogens with zero attached hydrogens (tertiary/aromatic N) is 1. The molecule has 0 spiro atoms. The highest BCUT2D eigenvalue weighted by atomic mass is 16.4. The minimum absolute atomic E-state index is 0.426. The van der Waals surface area contributed by atoms with E-state index >= 15 is 0 Å². The number of fused-ring (bicyclic) bond motifs is 1. The number of carboxylic acids is 1. The standard InChI is InChI=1S/C13H9NO2/c15-13(16)7-3-4-10-8-9-14-12-6-2-1-5-11(10)12/h1-2,5-6,8-9H,4H2,(H,15,16). The fourth-order valence-corrected chi connectivity index (χ4v) is 1.52. The Hall–Kier alpha value is -2.34. The summed E-state index contributed by atoms with van der Waals surface area (Å²) in [5.41, 5.74) is 1.90. The molecule has 0 radical (unpaired) electrons. The van der Waals surface area contributed by atoms with Gasteiger partial charge in [0.1, 0.15) is 0 Å². The molecule has 0 atom stereocenters. The van der Waals surface area contributed by atoms with Crippen molar-refractivity contribution < 1.29 is 9.90 Å². The van der Waals surface area contributed by atoms with Crippen molar-refractivity contribution in [3.63, 3.8) is 0 Å². The summed E-state index contributed by atoms with van der Waals surface area (Å²) < 4.78 is 0. The molecule has 0 fully saturated rings. The number of aromatic nitrogens is 1. The first-order chi connectivity index (χ1) is 7.77. The van der Waals surface area contributed by atoms with Crippen LogP contribution in [0.1, 0.15) is 5.56 Å². The molecule has 16 heavy (non-hydrogen) atoms. The van der Waals surface area contributed by atoms with Gasteiger partial charge in [-0.1, -0.05) is 24.1 Å².